The highest BCUT2D eigenvalue weighted by Gasteiger charge is 2.16. The van der Waals surface area contributed by atoms with Gasteiger partial charge in [-0.3, -0.25) is 15.6 Å². The zero-order valence-corrected chi connectivity index (χ0v) is 15.0. The van der Waals surface area contributed by atoms with E-state index in [1.54, 1.807) is 0 Å². The summed E-state index contributed by atoms with van der Waals surface area (Å²) in [4.78, 5) is 11.7. The molecule has 0 bridgehead atoms. The van der Waals surface area contributed by atoms with Crippen LogP contribution >= 0.6 is 12.2 Å². The van der Waals surface area contributed by atoms with E-state index in [2.05, 4.69) is 16.2 Å². The number of halogens is 2. The number of rotatable bonds is 5. The van der Waals surface area contributed by atoms with Crippen LogP contribution in [0.5, 0.6) is 0 Å². The molecule has 0 radical (unpaired) electrons. The Kier molecular flexibility index (Phi) is 6.58. The fraction of sp³-hybridized carbons (Fsp3) is 0.125. The largest absolute Gasteiger partial charge is 0.331 e. The predicted octanol–water partition coefficient (Wildman–Crippen LogP) is 2.15. The zero-order chi connectivity index (χ0) is 19.2. The summed E-state index contributed by atoms with van der Waals surface area (Å²) in [6.45, 7) is 0. The van der Waals surface area contributed by atoms with Crippen LogP contribution < -0.4 is 16.2 Å². The Morgan fingerprint density at radius 3 is 2.04 bits per heavy atom. The molecule has 0 aliphatic rings. The number of benzene rings is 2. The van der Waals surface area contributed by atoms with Crippen LogP contribution in [0.4, 0.5) is 14.5 Å². The van der Waals surface area contributed by atoms with E-state index in [9.17, 15) is 22.0 Å². The Morgan fingerprint density at radius 2 is 1.46 bits per heavy atom. The lowest BCUT2D eigenvalue weighted by Gasteiger charge is -2.11. The number of hydrogen-bond donors (Lipinski definition) is 3. The number of carbonyl (C=O) groups excluding carboxylic acids is 1. The van der Waals surface area contributed by atoms with Gasteiger partial charge in [0, 0.05) is 12.1 Å². The van der Waals surface area contributed by atoms with Crippen molar-refractivity contribution in [3.8, 4) is 0 Å². The van der Waals surface area contributed by atoms with Gasteiger partial charge in [0.25, 0.3) is 0 Å². The van der Waals surface area contributed by atoms with Crippen molar-refractivity contribution in [3.05, 3.63) is 60.2 Å². The van der Waals surface area contributed by atoms with Gasteiger partial charge in [0.05, 0.1) is 10.6 Å². The van der Waals surface area contributed by atoms with Crippen molar-refractivity contribution >= 4 is 38.8 Å². The number of hydrazine groups is 1. The summed E-state index contributed by atoms with van der Waals surface area (Å²) >= 11 is 4.95. The highest BCUT2D eigenvalue weighted by atomic mass is 32.2. The van der Waals surface area contributed by atoms with Crippen LogP contribution in [0, 0.1) is 11.6 Å². The Labute approximate surface area is 154 Å². The third kappa shape index (κ3) is 6.05. The van der Waals surface area contributed by atoms with Crippen molar-refractivity contribution < 1.29 is 22.0 Å². The summed E-state index contributed by atoms with van der Waals surface area (Å²) in [6, 6.07) is 9.75. The molecule has 0 aliphatic carbocycles. The van der Waals surface area contributed by atoms with E-state index in [-0.39, 0.29) is 16.4 Å². The molecular formula is C16H15F2N3O3S2. The van der Waals surface area contributed by atoms with Crippen LogP contribution in [0.15, 0.2) is 53.4 Å². The van der Waals surface area contributed by atoms with E-state index in [1.165, 1.54) is 24.3 Å². The van der Waals surface area contributed by atoms with Gasteiger partial charge in [-0.05, 0) is 60.7 Å². The van der Waals surface area contributed by atoms with E-state index < -0.39 is 33.1 Å². The Bertz CT molecular complexity index is 886. The number of sulfone groups is 1. The molecule has 0 atom stereocenters. The molecule has 6 nitrogen and oxygen atoms in total. The monoisotopic (exact) mass is 399 g/mol. The molecule has 2 aromatic carbocycles. The molecule has 0 saturated heterocycles. The van der Waals surface area contributed by atoms with Gasteiger partial charge in [-0.25, -0.2) is 17.2 Å². The maximum absolute atomic E-state index is 12.8. The lowest BCUT2D eigenvalue weighted by atomic mass is 10.3. The second-order valence-corrected chi connectivity index (χ2v) is 7.67. The molecule has 2 rings (SSSR count). The average molecular weight is 399 g/mol. The normalized spacial score (nSPS) is 10.8. The lowest BCUT2D eigenvalue weighted by Crippen LogP contribution is -2.44. The molecule has 10 heteroatoms. The van der Waals surface area contributed by atoms with Gasteiger partial charge < -0.3 is 5.32 Å². The molecule has 0 saturated carbocycles. The van der Waals surface area contributed by atoms with E-state index in [4.69, 9.17) is 12.2 Å². The molecule has 0 aliphatic heterocycles. The van der Waals surface area contributed by atoms with Gasteiger partial charge in [0.2, 0.25) is 5.91 Å². The molecule has 2 aromatic rings. The minimum absolute atomic E-state index is 0.0475. The molecular weight excluding hydrogens is 384 g/mol. The van der Waals surface area contributed by atoms with Crippen LogP contribution in [0.3, 0.4) is 0 Å². The first-order chi connectivity index (χ1) is 12.3. The minimum atomic E-state index is -3.70. The second-order valence-electron chi connectivity index (χ2n) is 5.16. The maximum atomic E-state index is 12.8. The van der Waals surface area contributed by atoms with Gasteiger partial charge in [-0.15, -0.1) is 0 Å². The fourth-order valence-corrected chi connectivity index (χ4v) is 3.28. The summed E-state index contributed by atoms with van der Waals surface area (Å²) in [5.41, 5.74) is 5.18. The van der Waals surface area contributed by atoms with Gasteiger partial charge in [-0.2, -0.15) is 0 Å². The first-order valence-corrected chi connectivity index (χ1v) is 9.42. The lowest BCUT2D eigenvalue weighted by molar-refractivity contribution is -0.121. The molecule has 0 aromatic heterocycles. The van der Waals surface area contributed by atoms with Crippen molar-refractivity contribution in [1.29, 1.82) is 0 Å². The molecule has 3 N–H and O–H groups in total. The Hall–Kier alpha value is -2.59. The highest BCUT2D eigenvalue weighted by molar-refractivity contribution is 7.91. The number of hydrogen-bond acceptors (Lipinski definition) is 4. The van der Waals surface area contributed by atoms with Crippen molar-refractivity contribution in [1.82, 2.24) is 10.9 Å². The summed E-state index contributed by atoms with van der Waals surface area (Å²) in [5, 5.41) is 2.76. The summed E-state index contributed by atoms with van der Waals surface area (Å²) < 4.78 is 49.8. The van der Waals surface area contributed by atoms with Crippen molar-refractivity contribution in [2.24, 2.45) is 0 Å². The van der Waals surface area contributed by atoms with Crippen LogP contribution in [0.2, 0.25) is 0 Å². The summed E-state index contributed by atoms with van der Waals surface area (Å²) in [5.74, 6) is -1.98. The van der Waals surface area contributed by atoms with Gasteiger partial charge in [-0.1, -0.05) is 0 Å². The van der Waals surface area contributed by atoms with E-state index >= 15 is 0 Å². The first kappa shape index (κ1) is 19.7. The average Bonchev–Trinajstić information content (AvgIpc) is 2.61. The Balaban J connectivity index is 1.78. The number of anilines is 1. The molecule has 0 heterocycles. The quantitative estimate of drug-likeness (QED) is 0.406. The van der Waals surface area contributed by atoms with Gasteiger partial charge >= 0.3 is 0 Å². The molecule has 26 heavy (non-hydrogen) atoms. The van der Waals surface area contributed by atoms with E-state index in [0.29, 0.717) is 5.69 Å². The second kappa shape index (κ2) is 8.68. The SMILES string of the molecule is O=C(CCS(=O)(=O)c1ccc(F)cc1)NNC(=S)Nc1ccc(F)cc1. The number of nitrogens with one attached hydrogen (secondary N) is 3. The molecule has 0 spiro atoms. The number of thiocarbonyl (C=S) groups is 1. The third-order valence-electron chi connectivity index (χ3n) is 3.19. The highest BCUT2D eigenvalue weighted by Crippen LogP contribution is 2.12. The summed E-state index contributed by atoms with van der Waals surface area (Å²) in [6.07, 6.45) is -0.314. The minimum Gasteiger partial charge on any atom is -0.331 e. The summed E-state index contributed by atoms with van der Waals surface area (Å²) in [7, 11) is -3.70. The van der Waals surface area contributed by atoms with Crippen molar-refractivity contribution in [3.63, 3.8) is 0 Å². The number of amides is 1. The van der Waals surface area contributed by atoms with Crippen LogP contribution in [0.25, 0.3) is 0 Å². The Morgan fingerprint density at radius 1 is 0.923 bits per heavy atom. The number of carbonyl (C=O) groups is 1. The van der Waals surface area contributed by atoms with Gasteiger partial charge in [0.15, 0.2) is 14.9 Å². The molecule has 0 unspecified atom stereocenters. The molecule has 0 fully saturated rings. The van der Waals surface area contributed by atoms with Crippen molar-refractivity contribution in [2.45, 2.75) is 11.3 Å². The van der Waals surface area contributed by atoms with Crippen LogP contribution in [-0.4, -0.2) is 25.2 Å². The molecule has 1 amide bonds. The predicted molar refractivity (Wildman–Crippen MR) is 97.0 cm³/mol. The molecule has 138 valence electrons. The maximum Gasteiger partial charge on any atom is 0.239 e. The third-order valence-corrected chi connectivity index (χ3v) is 5.12. The van der Waals surface area contributed by atoms with E-state index in [0.717, 1.165) is 24.3 Å². The standard InChI is InChI=1S/C16H15F2N3O3S2/c17-11-1-5-13(6-2-11)19-16(25)21-20-15(22)9-10-26(23,24)14-7-3-12(18)4-8-14/h1-8H,9-10H2,(H,20,22)(H2,19,21,25). The fourth-order valence-electron chi connectivity index (χ4n) is 1.87. The first-order valence-electron chi connectivity index (χ1n) is 7.36. The van der Waals surface area contributed by atoms with Gasteiger partial charge in [0.1, 0.15) is 11.6 Å². The van der Waals surface area contributed by atoms with E-state index in [1.807, 2.05) is 0 Å². The van der Waals surface area contributed by atoms with Crippen LogP contribution in [0.1, 0.15) is 6.42 Å². The topological polar surface area (TPSA) is 87.3 Å². The zero-order valence-electron chi connectivity index (χ0n) is 13.3. The van der Waals surface area contributed by atoms with Crippen LogP contribution in [-0.2, 0) is 14.6 Å². The van der Waals surface area contributed by atoms with Crippen molar-refractivity contribution in [2.75, 3.05) is 11.1 Å². The smallest absolute Gasteiger partial charge is 0.239 e.